The molecular weight excluding hydrogens is 308 g/mol. The minimum absolute atomic E-state index is 0.0538. The van der Waals surface area contributed by atoms with Gasteiger partial charge in [-0.05, 0) is 43.8 Å². The summed E-state index contributed by atoms with van der Waals surface area (Å²) in [5, 5.41) is 13.4. The Morgan fingerprint density at radius 1 is 1.33 bits per heavy atom. The van der Waals surface area contributed by atoms with Crippen LogP contribution in [0.4, 0.5) is 10.7 Å². The number of ketones is 1. The predicted octanol–water partition coefficient (Wildman–Crippen LogP) is 4.24. The second-order valence-corrected chi connectivity index (χ2v) is 5.69. The number of nitro benzene ring substituents is 1. The number of nitrogens with zero attached hydrogens (tertiary/aromatic N) is 2. The molecule has 0 aliphatic carbocycles. The summed E-state index contributed by atoms with van der Waals surface area (Å²) in [5.41, 5.74) is 1.64. The van der Waals surface area contributed by atoms with Gasteiger partial charge in [-0.1, -0.05) is 0 Å². The first-order chi connectivity index (χ1) is 9.95. The number of thiophene rings is 1. The monoisotopic (exact) mass is 318 g/mol. The maximum Gasteiger partial charge on any atom is 0.269 e. The molecule has 1 aromatic heterocycles. The summed E-state index contributed by atoms with van der Waals surface area (Å²) < 4.78 is 0. The number of aryl methyl sites for hydroxylation is 1. The third kappa shape index (κ3) is 2.95. The molecule has 0 aliphatic rings. The van der Waals surface area contributed by atoms with Crippen molar-refractivity contribution in [2.24, 2.45) is 4.99 Å². The highest BCUT2D eigenvalue weighted by molar-refractivity contribution is 7.78. The van der Waals surface area contributed by atoms with Gasteiger partial charge >= 0.3 is 0 Å². The largest absolute Gasteiger partial charge is 0.288 e. The number of non-ortho nitro benzene ring substituents is 1. The van der Waals surface area contributed by atoms with Crippen LogP contribution in [0.5, 0.6) is 0 Å². The van der Waals surface area contributed by atoms with Gasteiger partial charge in [0.05, 0.1) is 15.6 Å². The molecule has 7 heteroatoms. The Morgan fingerprint density at radius 2 is 1.95 bits per heavy atom. The average molecular weight is 318 g/mol. The van der Waals surface area contributed by atoms with Gasteiger partial charge in [0.1, 0.15) is 5.00 Å². The number of carbonyl (C=O) groups excluding carboxylic acids is 1. The van der Waals surface area contributed by atoms with Crippen LogP contribution >= 0.6 is 23.6 Å². The number of nitro groups is 1. The summed E-state index contributed by atoms with van der Waals surface area (Å²) in [5.74, 6) is -0.226. The number of benzene rings is 1. The molecule has 0 spiro atoms. The molecule has 0 fully saturated rings. The van der Waals surface area contributed by atoms with Crippen LogP contribution in [-0.2, 0) is 0 Å². The van der Waals surface area contributed by atoms with E-state index in [1.54, 1.807) is 0 Å². The molecule has 0 radical (unpaired) electrons. The van der Waals surface area contributed by atoms with Gasteiger partial charge in [-0.3, -0.25) is 14.9 Å². The third-order valence-electron chi connectivity index (χ3n) is 3.08. The van der Waals surface area contributed by atoms with E-state index in [2.05, 4.69) is 22.4 Å². The first-order valence-corrected chi connectivity index (χ1v) is 7.15. The highest BCUT2D eigenvalue weighted by atomic mass is 32.1. The average Bonchev–Trinajstić information content (AvgIpc) is 2.74. The SMILES string of the molecule is Cc1sc(N=C=S)c(C(=O)c2ccc([N+](=O)[O-])cc2)c1C. The number of carbonyl (C=O) groups is 1. The van der Waals surface area contributed by atoms with Crippen molar-refractivity contribution in [1.29, 1.82) is 0 Å². The van der Waals surface area contributed by atoms with E-state index in [-0.39, 0.29) is 11.5 Å². The molecule has 5 nitrogen and oxygen atoms in total. The number of rotatable bonds is 4. The lowest BCUT2D eigenvalue weighted by Crippen LogP contribution is -2.02. The molecule has 0 N–H and O–H groups in total. The maximum absolute atomic E-state index is 12.6. The van der Waals surface area contributed by atoms with Gasteiger partial charge in [0.15, 0.2) is 5.78 Å². The predicted molar refractivity (Wildman–Crippen MR) is 85.0 cm³/mol. The van der Waals surface area contributed by atoms with E-state index in [1.807, 2.05) is 13.8 Å². The molecule has 0 atom stereocenters. The molecule has 21 heavy (non-hydrogen) atoms. The Balaban J connectivity index is 2.49. The van der Waals surface area contributed by atoms with Crippen molar-refractivity contribution in [3.05, 3.63) is 55.9 Å². The first kappa shape index (κ1) is 15.2. The number of hydrogen-bond donors (Lipinski definition) is 0. The van der Waals surface area contributed by atoms with Crippen molar-refractivity contribution < 1.29 is 9.72 Å². The number of aliphatic imine (C=N–C) groups is 1. The van der Waals surface area contributed by atoms with E-state index in [0.29, 0.717) is 16.1 Å². The van der Waals surface area contributed by atoms with E-state index in [4.69, 9.17) is 0 Å². The first-order valence-electron chi connectivity index (χ1n) is 5.92. The topological polar surface area (TPSA) is 72.6 Å². The maximum atomic E-state index is 12.6. The second-order valence-electron chi connectivity index (χ2n) is 4.30. The highest BCUT2D eigenvalue weighted by Crippen LogP contribution is 2.36. The number of hydrogen-bond acceptors (Lipinski definition) is 6. The van der Waals surface area contributed by atoms with Crippen molar-refractivity contribution >= 4 is 45.2 Å². The Hall–Kier alpha value is -2.21. The van der Waals surface area contributed by atoms with Gasteiger partial charge in [-0.25, -0.2) is 0 Å². The van der Waals surface area contributed by atoms with Gasteiger partial charge in [0.25, 0.3) is 5.69 Å². The smallest absolute Gasteiger partial charge is 0.269 e. The summed E-state index contributed by atoms with van der Waals surface area (Å²) in [6.07, 6.45) is 0. The van der Waals surface area contributed by atoms with Gasteiger partial charge in [-0.15, -0.1) is 11.3 Å². The van der Waals surface area contributed by atoms with Gasteiger partial charge in [-0.2, -0.15) is 4.99 Å². The van der Waals surface area contributed by atoms with Crippen molar-refractivity contribution in [2.45, 2.75) is 13.8 Å². The van der Waals surface area contributed by atoms with Gasteiger partial charge < -0.3 is 0 Å². The van der Waals surface area contributed by atoms with Crippen LogP contribution in [0.15, 0.2) is 29.3 Å². The van der Waals surface area contributed by atoms with E-state index in [1.165, 1.54) is 35.6 Å². The number of thiocarbonyl (C=S) groups is 1. The van der Waals surface area contributed by atoms with Gasteiger partial charge in [0, 0.05) is 22.6 Å². The van der Waals surface area contributed by atoms with Crippen LogP contribution in [0.3, 0.4) is 0 Å². The van der Waals surface area contributed by atoms with E-state index < -0.39 is 4.92 Å². The summed E-state index contributed by atoms with van der Waals surface area (Å²) in [7, 11) is 0. The lowest BCUT2D eigenvalue weighted by atomic mass is 10.0. The van der Waals surface area contributed by atoms with Crippen molar-refractivity contribution in [2.75, 3.05) is 0 Å². The summed E-state index contributed by atoms with van der Waals surface area (Å²) in [6.45, 7) is 3.74. The molecule has 0 aliphatic heterocycles. The lowest BCUT2D eigenvalue weighted by Gasteiger charge is -2.02. The summed E-state index contributed by atoms with van der Waals surface area (Å²) in [4.78, 5) is 27.6. The number of isothiocyanates is 1. The second kappa shape index (κ2) is 6.05. The zero-order valence-corrected chi connectivity index (χ0v) is 12.9. The molecule has 0 saturated heterocycles. The molecule has 0 bridgehead atoms. The van der Waals surface area contributed by atoms with Crippen LogP contribution in [0.2, 0.25) is 0 Å². The fourth-order valence-electron chi connectivity index (χ4n) is 1.88. The van der Waals surface area contributed by atoms with Crippen LogP contribution in [0.25, 0.3) is 0 Å². The molecule has 0 unspecified atom stereocenters. The molecule has 0 saturated carbocycles. The third-order valence-corrected chi connectivity index (χ3v) is 4.27. The molecule has 0 amide bonds. The van der Waals surface area contributed by atoms with E-state index in [9.17, 15) is 14.9 Å². The molecule has 106 valence electrons. The van der Waals surface area contributed by atoms with Gasteiger partial charge in [0.2, 0.25) is 0 Å². The van der Waals surface area contributed by atoms with Crippen LogP contribution in [0.1, 0.15) is 26.4 Å². The lowest BCUT2D eigenvalue weighted by molar-refractivity contribution is -0.384. The minimum Gasteiger partial charge on any atom is -0.288 e. The highest BCUT2D eigenvalue weighted by Gasteiger charge is 2.21. The Kier molecular flexibility index (Phi) is 4.37. The van der Waals surface area contributed by atoms with Crippen LogP contribution in [-0.4, -0.2) is 15.9 Å². The summed E-state index contributed by atoms with van der Waals surface area (Å²) >= 11 is 5.97. The fourth-order valence-corrected chi connectivity index (χ4v) is 3.01. The van der Waals surface area contributed by atoms with Crippen LogP contribution in [0, 0.1) is 24.0 Å². The molecular formula is C14H10N2O3S2. The molecule has 1 heterocycles. The normalized spacial score (nSPS) is 10.0. The Labute approximate surface area is 130 Å². The van der Waals surface area contributed by atoms with Crippen molar-refractivity contribution in [1.82, 2.24) is 0 Å². The van der Waals surface area contributed by atoms with E-state index >= 15 is 0 Å². The zero-order valence-electron chi connectivity index (χ0n) is 11.2. The standard InChI is InChI=1S/C14H10N2O3S2/c1-8-9(2)21-14(15-7-20)12(8)13(17)10-3-5-11(6-4-10)16(18)19/h3-6H,1-2H3. The Bertz CT molecular complexity index is 772. The fraction of sp³-hybridized carbons (Fsp3) is 0.143. The van der Waals surface area contributed by atoms with Crippen LogP contribution < -0.4 is 0 Å². The zero-order chi connectivity index (χ0) is 15.6. The Morgan fingerprint density at radius 3 is 2.48 bits per heavy atom. The molecule has 1 aromatic carbocycles. The van der Waals surface area contributed by atoms with Crippen molar-refractivity contribution in [3.8, 4) is 0 Å². The minimum atomic E-state index is -0.504. The van der Waals surface area contributed by atoms with E-state index in [0.717, 1.165) is 10.4 Å². The van der Waals surface area contributed by atoms with Crippen molar-refractivity contribution in [3.63, 3.8) is 0 Å². The summed E-state index contributed by atoms with van der Waals surface area (Å²) in [6, 6.07) is 5.50. The quantitative estimate of drug-likeness (QED) is 0.278. The molecule has 2 rings (SSSR count). The molecule has 2 aromatic rings.